The van der Waals surface area contributed by atoms with E-state index < -0.39 is 15.8 Å². The van der Waals surface area contributed by atoms with E-state index in [1.165, 1.54) is 37.7 Å². The van der Waals surface area contributed by atoms with Crippen molar-refractivity contribution in [1.29, 1.82) is 0 Å². The molecule has 2 heterocycles. The van der Waals surface area contributed by atoms with Crippen LogP contribution in [-0.2, 0) is 10.0 Å². The van der Waals surface area contributed by atoms with Gasteiger partial charge in [0.1, 0.15) is 6.10 Å². The van der Waals surface area contributed by atoms with E-state index in [0.717, 1.165) is 0 Å². The molecule has 0 saturated heterocycles. The van der Waals surface area contributed by atoms with Crippen LogP contribution in [0.3, 0.4) is 0 Å². The van der Waals surface area contributed by atoms with E-state index in [-0.39, 0.29) is 17.0 Å². The Morgan fingerprint density at radius 2 is 1.86 bits per heavy atom. The van der Waals surface area contributed by atoms with Crippen molar-refractivity contribution in [3.63, 3.8) is 0 Å². The number of oxazole rings is 1. The van der Waals surface area contributed by atoms with Crippen molar-refractivity contribution in [1.82, 2.24) is 19.7 Å². The number of methoxy groups -OCH3 is 1. The predicted octanol–water partition coefficient (Wildman–Crippen LogP) is 1.59. The molecule has 0 spiro atoms. The minimum absolute atomic E-state index is 0.0738. The van der Waals surface area contributed by atoms with Gasteiger partial charge in [0.15, 0.2) is 5.58 Å². The maximum atomic E-state index is 12.7. The number of ether oxygens (including phenoxy) is 2. The number of nitrogens with zero attached hydrogens (tertiary/aromatic N) is 2. The Labute approximate surface area is 166 Å². The van der Waals surface area contributed by atoms with Crippen LogP contribution in [0.2, 0.25) is 0 Å². The number of H-pyrrole nitrogens is 1. The number of fused-ring (bicyclic) bond motifs is 1. The molecule has 0 amide bonds. The molecule has 0 radical (unpaired) electrons. The molecule has 1 aromatic carbocycles. The number of nitrogens with one attached hydrogen (secondary N) is 2. The molecule has 0 bridgehead atoms. The van der Waals surface area contributed by atoms with Gasteiger partial charge in [-0.05, 0) is 43.9 Å². The van der Waals surface area contributed by atoms with Gasteiger partial charge in [-0.2, -0.15) is 0 Å². The van der Waals surface area contributed by atoms with Gasteiger partial charge in [0, 0.05) is 18.4 Å². The van der Waals surface area contributed by atoms with Crippen LogP contribution >= 0.6 is 0 Å². The highest BCUT2D eigenvalue weighted by molar-refractivity contribution is 7.89. The third kappa shape index (κ3) is 4.25. The molecule has 1 aliphatic rings. The fraction of sp³-hybridized carbons (Fsp3) is 0.389. The Morgan fingerprint density at radius 1 is 1.14 bits per heavy atom. The molecular formula is C18H20N4O6S. The summed E-state index contributed by atoms with van der Waals surface area (Å²) in [5.41, 5.74) is 0.652. The Hall–Kier alpha value is -2.92. The van der Waals surface area contributed by atoms with Crippen LogP contribution in [0.5, 0.6) is 11.8 Å². The summed E-state index contributed by atoms with van der Waals surface area (Å²) in [6, 6.07) is 4.05. The molecule has 2 aromatic heterocycles. The minimum Gasteiger partial charge on any atom is -0.477 e. The van der Waals surface area contributed by atoms with Crippen molar-refractivity contribution >= 4 is 21.1 Å². The molecule has 11 heteroatoms. The fourth-order valence-corrected chi connectivity index (χ4v) is 4.71. The second kappa shape index (κ2) is 7.84. The molecule has 1 saturated carbocycles. The van der Waals surface area contributed by atoms with Crippen molar-refractivity contribution in [2.75, 3.05) is 7.11 Å². The lowest BCUT2D eigenvalue weighted by atomic mass is 9.94. The van der Waals surface area contributed by atoms with E-state index >= 15 is 0 Å². The number of aromatic amines is 1. The first kappa shape index (κ1) is 19.4. The highest BCUT2D eigenvalue weighted by atomic mass is 32.2. The quantitative estimate of drug-likeness (QED) is 0.613. The molecule has 29 heavy (non-hydrogen) atoms. The zero-order valence-corrected chi connectivity index (χ0v) is 16.4. The highest BCUT2D eigenvalue weighted by Gasteiger charge is 2.28. The lowest BCUT2D eigenvalue weighted by Crippen LogP contribution is -2.39. The van der Waals surface area contributed by atoms with Crippen LogP contribution in [-0.4, -0.2) is 42.6 Å². The summed E-state index contributed by atoms with van der Waals surface area (Å²) in [6.45, 7) is 0. The van der Waals surface area contributed by atoms with Crippen LogP contribution in [0.4, 0.5) is 0 Å². The second-order valence-corrected chi connectivity index (χ2v) is 8.47. The van der Waals surface area contributed by atoms with Crippen LogP contribution in [0, 0.1) is 0 Å². The second-order valence-electron chi connectivity index (χ2n) is 6.76. The molecule has 154 valence electrons. The Morgan fingerprint density at radius 3 is 2.59 bits per heavy atom. The normalized spacial score (nSPS) is 19.9. The summed E-state index contributed by atoms with van der Waals surface area (Å²) < 4.78 is 44.1. The van der Waals surface area contributed by atoms with Gasteiger partial charge in [0.25, 0.3) is 11.8 Å². The smallest absolute Gasteiger partial charge is 0.417 e. The number of rotatable bonds is 6. The minimum atomic E-state index is -3.73. The first-order chi connectivity index (χ1) is 13.9. The number of hydrogen-bond donors (Lipinski definition) is 2. The molecule has 2 N–H and O–H groups in total. The molecule has 4 rings (SSSR count). The van der Waals surface area contributed by atoms with Gasteiger partial charge in [-0.25, -0.2) is 27.9 Å². The lowest BCUT2D eigenvalue weighted by Gasteiger charge is -2.29. The Balaban J connectivity index is 1.38. The van der Waals surface area contributed by atoms with Crippen LogP contribution < -0.4 is 20.0 Å². The van der Waals surface area contributed by atoms with E-state index in [1.807, 2.05) is 0 Å². The third-order valence-corrected chi connectivity index (χ3v) is 6.32. The average molecular weight is 420 g/mol. The van der Waals surface area contributed by atoms with E-state index in [0.29, 0.717) is 48.5 Å². The topological polar surface area (TPSA) is 136 Å². The summed E-state index contributed by atoms with van der Waals surface area (Å²) in [7, 11) is -2.23. The maximum absolute atomic E-state index is 12.7. The largest absolute Gasteiger partial charge is 0.477 e. The van der Waals surface area contributed by atoms with Crippen molar-refractivity contribution in [2.45, 2.75) is 42.7 Å². The van der Waals surface area contributed by atoms with Gasteiger partial charge in [-0.3, -0.25) is 4.98 Å². The maximum Gasteiger partial charge on any atom is 0.417 e. The predicted molar refractivity (Wildman–Crippen MR) is 102 cm³/mol. The van der Waals surface area contributed by atoms with Crippen molar-refractivity contribution in [2.24, 2.45) is 0 Å². The van der Waals surface area contributed by atoms with Gasteiger partial charge in [-0.15, -0.1) is 0 Å². The molecule has 0 unspecified atom stereocenters. The van der Waals surface area contributed by atoms with Crippen molar-refractivity contribution < 1.29 is 22.3 Å². The van der Waals surface area contributed by atoms with E-state index in [1.54, 1.807) is 0 Å². The monoisotopic (exact) mass is 420 g/mol. The molecule has 0 aliphatic heterocycles. The molecule has 0 atom stereocenters. The standard InChI is InChI=1S/C18H20N4O6S/c1-26-16-17(20-9-8-19-16)27-12-4-2-11(3-5-12)22-29(24,25)13-6-7-15-14(10-13)21-18(23)28-15/h6-12,22H,2-5H2,1H3,(H,21,23). The number of hydrogen-bond acceptors (Lipinski definition) is 8. The summed E-state index contributed by atoms with van der Waals surface area (Å²) in [5.74, 6) is 0.0324. The zero-order valence-electron chi connectivity index (χ0n) is 15.6. The summed E-state index contributed by atoms with van der Waals surface area (Å²) in [6.07, 6.45) is 5.54. The number of benzene rings is 1. The van der Waals surface area contributed by atoms with E-state index in [4.69, 9.17) is 13.9 Å². The molecule has 1 fully saturated rings. The molecule has 10 nitrogen and oxygen atoms in total. The van der Waals surface area contributed by atoms with Crippen LogP contribution in [0.1, 0.15) is 25.7 Å². The van der Waals surface area contributed by atoms with E-state index in [9.17, 15) is 13.2 Å². The van der Waals surface area contributed by atoms with Crippen LogP contribution in [0.15, 0.2) is 44.7 Å². The molecular weight excluding hydrogens is 400 g/mol. The highest BCUT2D eigenvalue weighted by Crippen LogP contribution is 2.28. The Bertz CT molecular complexity index is 1160. The summed E-state index contributed by atoms with van der Waals surface area (Å²) in [5, 5.41) is 0. The number of aromatic nitrogens is 3. The van der Waals surface area contributed by atoms with Gasteiger partial charge in [-0.1, -0.05) is 0 Å². The number of sulfonamides is 1. The first-order valence-corrected chi connectivity index (χ1v) is 10.6. The fourth-order valence-electron chi connectivity index (χ4n) is 3.38. The molecule has 1 aliphatic carbocycles. The van der Waals surface area contributed by atoms with Gasteiger partial charge < -0.3 is 13.9 Å². The van der Waals surface area contributed by atoms with Gasteiger partial charge in [0.2, 0.25) is 10.0 Å². The molecule has 3 aromatic rings. The lowest BCUT2D eigenvalue weighted by molar-refractivity contribution is 0.132. The van der Waals surface area contributed by atoms with Gasteiger partial charge >= 0.3 is 5.76 Å². The SMILES string of the molecule is COc1nccnc1OC1CCC(NS(=O)(=O)c2ccc3oc(=O)[nH]c3c2)CC1. The summed E-state index contributed by atoms with van der Waals surface area (Å²) in [4.78, 5) is 22.0. The van der Waals surface area contributed by atoms with Crippen molar-refractivity contribution in [3.8, 4) is 11.8 Å². The zero-order chi connectivity index (χ0) is 20.4. The van der Waals surface area contributed by atoms with Crippen LogP contribution in [0.25, 0.3) is 11.1 Å². The third-order valence-electron chi connectivity index (χ3n) is 4.80. The van der Waals surface area contributed by atoms with E-state index in [2.05, 4.69) is 19.7 Å². The first-order valence-electron chi connectivity index (χ1n) is 9.11. The van der Waals surface area contributed by atoms with Crippen molar-refractivity contribution in [3.05, 3.63) is 41.1 Å². The Kier molecular flexibility index (Phi) is 5.24. The van der Waals surface area contributed by atoms with Gasteiger partial charge in [0.05, 0.1) is 17.5 Å². The average Bonchev–Trinajstić information content (AvgIpc) is 3.09. The summed E-state index contributed by atoms with van der Waals surface area (Å²) >= 11 is 0.